The summed E-state index contributed by atoms with van der Waals surface area (Å²) in [4.78, 5) is 0. The van der Waals surface area contributed by atoms with Gasteiger partial charge < -0.3 is 24.1 Å². The van der Waals surface area contributed by atoms with Gasteiger partial charge in [-0.15, -0.1) is 0 Å². The number of aliphatic hydroxyl groups excluding tert-OH is 1. The fraction of sp³-hybridized carbons (Fsp3) is 0.286. The average molecular weight is 847 g/mol. The lowest BCUT2D eigenvalue weighted by molar-refractivity contribution is 0.131. The average Bonchev–Trinajstić information content (AvgIpc) is 3.99. The number of sulfonamides is 2. The molecule has 2 heterocycles. The molecule has 0 saturated carbocycles. The van der Waals surface area contributed by atoms with Crippen molar-refractivity contribution in [1.82, 2.24) is 28.6 Å². The summed E-state index contributed by atoms with van der Waals surface area (Å²) in [6, 6.07) is 31.7. The maximum atomic E-state index is 13.5. The number of H-pyrrole nitrogens is 1. The normalized spacial score (nSPS) is 12.7. The first kappa shape index (κ1) is 44.4. The number of nitrogens with one attached hydrogen (secondary N) is 1. The summed E-state index contributed by atoms with van der Waals surface area (Å²) >= 11 is 0. The largest absolute Gasteiger partial charge is 0.497 e. The molecule has 6 rings (SSSR count). The van der Waals surface area contributed by atoms with Crippen LogP contribution in [0.5, 0.6) is 23.0 Å². The monoisotopic (exact) mass is 846 g/mol. The second-order valence-corrected chi connectivity index (χ2v) is 17.3. The van der Waals surface area contributed by atoms with E-state index in [4.69, 9.17) is 18.9 Å². The smallest absolute Gasteiger partial charge is 0.262 e. The highest BCUT2D eigenvalue weighted by atomic mass is 32.2. The van der Waals surface area contributed by atoms with Crippen molar-refractivity contribution in [1.29, 1.82) is 0 Å². The standard InChI is InChI=1S/C23H29N3O5S.C19H21N3O4S/c1-17(18(2)27)26-14-13-23(24-26)32(28,29)25(15-19-5-9-21(30-3)10-6-19)16-20-7-11-22(31-4)12-8-20;1-25-17-7-3-15(4-8-17)13-22(27(23,24)19-11-12-20-21-19)14-16-5-9-18(26-2)10-6-16/h5-14,17-18,27H,15-16H2,1-4H3;3-12H,13-14H2,1-2H3,(H,20,21). The SMILES string of the molecule is COc1ccc(CN(Cc2ccc(OC)cc2)S(=O)(=O)c2ccn(C(C)C(C)O)n2)cc1.COc1ccc(CN(Cc2ccc(OC)cc2)S(=O)(=O)c2ccn[nH]2)cc1. The van der Waals surface area contributed by atoms with E-state index in [-0.39, 0.29) is 42.3 Å². The van der Waals surface area contributed by atoms with E-state index >= 15 is 0 Å². The van der Waals surface area contributed by atoms with Crippen LogP contribution in [-0.2, 0) is 46.2 Å². The zero-order chi connectivity index (χ0) is 42.6. The second-order valence-electron chi connectivity index (χ2n) is 13.5. The molecule has 0 bridgehead atoms. The van der Waals surface area contributed by atoms with Crippen molar-refractivity contribution < 1.29 is 40.9 Å². The Labute approximate surface area is 345 Å². The van der Waals surface area contributed by atoms with E-state index in [1.807, 2.05) is 72.8 Å². The van der Waals surface area contributed by atoms with E-state index < -0.39 is 26.2 Å². The molecule has 0 amide bonds. The molecule has 2 atom stereocenters. The number of hydrogen-bond donors (Lipinski definition) is 2. The third-order valence-corrected chi connectivity index (χ3v) is 12.9. The van der Waals surface area contributed by atoms with Crippen LogP contribution in [0.25, 0.3) is 0 Å². The van der Waals surface area contributed by atoms with E-state index in [0.717, 1.165) is 33.8 Å². The van der Waals surface area contributed by atoms with E-state index in [1.54, 1.807) is 72.7 Å². The predicted molar refractivity (Wildman–Crippen MR) is 222 cm³/mol. The van der Waals surface area contributed by atoms with Gasteiger partial charge in [-0.25, -0.2) is 16.8 Å². The lowest BCUT2D eigenvalue weighted by atomic mass is 10.2. The molecule has 15 nitrogen and oxygen atoms in total. The van der Waals surface area contributed by atoms with Gasteiger partial charge in [0.05, 0.1) is 46.8 Å². The Morgan fingerprint density at radius 2 is 0.932 bits per heavy atom. The lowest BCUT2D eigenvalue weighted by Crippen LogP contribution is -2.31. The molecule has 0 spiro atoms. The molecular formula is C42H50N6O9S2. The van der Waals surface area contributed by atoms with Crippen molar-refractivity contribution in [3.05, 3.63) is 144 Å². The van der Waals surface area contributed by atoms with Gasteiger partial charge in [-0.2, -0.15) is 18.8 Å². The summed E-state index contributed by atoms with van der Waals surface area (Å²) in [6.07, 6.45) is 2.33. The molecule has 0 aliphatic heterocycles. The maximum Gasteiger partial charge on any atom is 0.262 e. The summed E-state index contributed by atoms with van der Waals surface area (Å²) in [5, 5.41) is 20.4. The molecular weight excluding hydrogens is 797 g/mol. The molecule has 4 aromatic carbocycles. The summed E-state index contributed by atoms with van der Waals surface area (Å²) in [7, 11) is -1.29. The van der Waals surface area contributed by atoms with Crippen LogP contribution in [0.15, 0.2) is 132 Å². The molecule has 314 valence electrons. The first-order valence-electron chi connectivity index (χ1n) is 18.5. The number of nitrogens with zero attached hydrogens (tertiary/aromatic N) is 5. The van der Waals surface area contributed by atoms with Gasteiger partial charge in [0.2, 0.25) is 0 Å². The Bertz CT molecular complexity index is 2310. The second kappa shape index (κ2) is 20.3. The summed E-state index contributed by atoms with van der Waals surface area (Å²) in [6.45, 7) is 4.18. The number of methoxy groups -OCH3 is 4. The number of aliphatic hydroxyl groups is 1. The molecule has 2 N–H and O–H groups in total. The summed E-state index contributed by atoms with van der Waals surface area (Å²) < 4.78 is 78.1. The third-order valence-electron chi connectivity index (χ3n) is 9.47. The Hall–Kier alpha value is -5.72. The molecule has 0 saturated heterocycles. The summed E-state index contributed by atoms with van der Waals surface area (Å²) in [5.74, 6) is 2.84. The maximum absolute atomic E-state index is 13.5. The van der Waals surface area contributed by atoms with Gasteiger partial charge in [0, 0.05) is 32.4 Å². The number of benzene rings is 4. The van der Waals surface area contributed by atoms with Gasteiger partial charge in [-0.1, -0.05) is 48.5 Å². The van der Waals surface area contributed by atoms with Gasteiger partial charge in [-0.3, -0.25) is 9.78 Å². The van der Waals surface area contributed by atoms with E-state index in [0.29, 0.717) is 11.5 Å². The summed E-state index contributed by atoms with van der Waals surface area (Å²) in [5.41, 5.74) is 3.35. The van der Waals surface area contributed by atoms with Crippen molar-refractivity contribution in [2.75, 3.05) is 28.4 Å². The van der Waals surface area contributed by atoms with Crippen LogP contribution in [0.4, 0.5) is 0 Å². The third kappa shape index (κ3) is 11.7. The van der Waals surface area contributed by atoms with Gasteiger partial charge >= 0.3 is 0 Å². The number of aromatic amines is 1. The Morgan fingerprint density at radius 3 is 1.24 bits per heavy atom. The highest BCUT2D eigenvalue weighted by molar-refractivity contribution is 7.89. The van der Waals surface area contributed by atoms with Gasteiger partial charge in [0.15, 0.2) is 10.1 Å². The number of rotatable bonds is 18. The van der Waals surface area contributed by atoms with Crippen molar-refractivity contribution in [2.45, 2.75) is 62.2 Å². The van der Waals surface area contributed by atoms with Gasteiger partial charge in [-0.05, 0) is 96.8 Å². The molecule has 0 aliphatic rings. The molecule has 17 heteroatoms. The first-order chi connectivity index (χ1) is 28.3. The van der Waals surface area contributed by atoms with Crippen LogP contribution in [0.1, 0.15) is 42.1 Å². The molecule has 6 aromatic rings. The van der Waals surface area contributed by atoms with Crippen LogP contribution >= 0.6 is 0 Å². The van der Waals surface area contributed by atoms with E-state index in [1.165, 1.54) is 31.6 Å². The van der Waals surface area contributed by atoms with E-state index in [9.17, 15) is 21.9 Å². The Morgan fingerprint density at radius 1 is 0.576 bits per heavy atom. The minimum Gasteiger partial charge on any atom is -0.497 e. The molecule has 0 radical (unpaired) electrons. The Kier molecular flexibility index (Phi) is 15.3. The van der Waals surface area contributed by atoms with Gasteiger partial charge in [0.1, 0.15) is 23.0 Å². The molecule has 0 fully saturated rings. The number of hydrogen-bond acceptors (Lipinski definition) is 11. The van der Waals surface area contributed by atoms with Crippen molar-refractivity contribution >= 4 is 20.0 Å². The van der Waals surface area contributed by atoms with Crippen LogP contribution in [-0.4, -0.2) is 85.1 Å². The van der Waals surface area contributed by atoms with Crippen LogP contribution in [0.3, 0.4) is 0 Å². The minimum atomic E-state index is -3.91. The predicted octanol–water partition coefficient (Wildman–Crippen LogP) is 6.05. The first-order valence-corrected chi connectivity index (χ1v) is 21.4. The highest BCUT2D eigenvalue weighted by Crippen LogP contribution is 2.25. The molecule has 2 aromatic heterocycles. The quantitative estimate of drug-likeness (QED) is 0.103. The Balaban J connectivity index is 0.000000227. The zero-order valence-corrected chi connectivity index (χ0v) is 35.4. The van der Waals surface area contributed by atoms with Crippen molar-refractivity contribution in [3.8, 4) is 23.0 Å². The molecule has 59 heavy (non-hydrogen) atoms. The zero-order valence-electron chi connectivity index (χ0n) is 33.8. The lowest BCUT2D eigenvalue weighted by Gasteiger charge is -2.22. The number of aromatic nitrogens is 4. The fourth-order valence-electron chi connectivity index (χ4n) is 5.75. The van der Waals surface area contributed by atoms with E-state index in [2.05, 4.69) is 15.3 Å². The van der Waals surface area contributed by atoms with Gasteiger partial charge in [0.25, 0.3) is 20.0 Å². The van der Waals surface area contributed by atoms with Crippen LogP contribution < -0.4 is 18.9 Å². The molecule has 0 aliphatic carbocycles. The minimum absolute atomic E-state index is 0.0597. The fourth-order valence-corrected chi connectivity index (χ4v) is 8.40. The van der Waals surface area contributed by atoms with Crippen molar-refractivity contribution in [2.24, 2.45) is 0 Å². The highest BCUT2D eigenvalue weighted by Gasteiger charge is 2.29. The molecule has 2 unspecified atom stereocenters. The number of ether oxygens (including phenoxy) is 4. The van der Waals surface area contributed by atoms with Crippen LogP contribution in [0, 0.1) is 0 Å². The van der Waals surface area contributed by atoms with Crippen molar-refractivity contribution in [3.63, 3.8) is 0 Å². The van der Waals surface area contributed by atoms with Crippen LogP contribution in [0.2, 0.25) is 0 Å². The topological polar surface area (TPSA) is 178 Å².